The van der Waals surface area contributed by atoms with Gasteiger partial charge in [0.15, 0.2) is 5.76 Å². The topological polar surface area (TPSA) is 88.3 Å². The van der Waals surface area contributed by atoms with Gasteiger partial charge in [-0.25, -0.2) is 9.97 Å². The molecular formula is C22H26N6O2. The Labute approximate surface area is 175 Å². The minimum absolute atomic E-state index is 0.0809. The van der Waals surface area contributed by atoms with Crippen LogP contribution in [-0.2, 0) is 11.2 Å². The van der Waals surface area contributed by atoms with Crippen molar-refractivity contribution in [3.63, 3.8) is 0 Å². The van der Waals surface area contributed by atoms with Crippen molar-refractivity contribution in [3.05, 3.63) is 53.7 Å². The molecule has 3 aromatic heterocycles. The van der Waals surface area contributed by atoms with E-state index in [1.165, 1.54) is 0 Å². The summed E-state index contributed by atoms with van der Waals surface area (Å²) in [5.41, 5.74) is 3.30. The van der Waals surface area contributed by atoms with Gasteiger partial charge in [0.1, 0.15) is 0 Å². The van der Waals surface area contributed by atoms with Crippen molar-refractivity contribution in [1.29, 1.82) is 0 Å². The Hall–Kier alpha value is -3.29. The molecule has 1 saturated heterocycles. The number of amides is 1. The molecule has 1 atom stereocenters. The van der Waals surface area contributed by atoms with Crippen molar-refractivity contribution >= 4 is 11.9 Å². The highest BCUT2D eigenvalue weighted by Gasteiger charge is 2.32. The van der Waals surface area contributed by atoms with Gasteiger partial charge < -0.3 is 14.3 Å². The number of carbonyl (C=O) groups is 1. The number of carbonyl (C=O) groups excluding carboxylic acids is 1. The van der Waals surface area contributed by atoms with Crippen molar-refractivity contribution in [1.82, 2.24) is 25.0 Å². The summed E-state index contributed by atoms with van der Waals surface area (Å²) in [7, 11) is 3.81. The van der Waals surface area contributed by atoms with E-state index in [2.05, 4.69) is 15.1 Å². The molecule has 0 spiro atoms. The number of anilines is 1. The van der Waals surface area contributed by atoms with Crippen LogP contribution in [-0.4, -0.2) is 51.6 Å². The van der Waals surface area contributed by atoms with Gasteiger partial charge in [-0.3, -0.25) is 9.78 Å². The summed E-state index contributed by atoms with van der Waals surface area (Å²) in [5, 5.41) is 4.02. The van der Waals surface area contributed by atoms with E-state index in [0.29, 0.717) is 24.7 Å². The number of aromatic nitrogens is 4. The van der Waals surface area contributed by atoms with Crippen LogP contribution in [0.4, 0.5) is 5.95 Å². The lowest BCUT2D eigenvalue weighted by Gasteiger charge is -2.36. The summed E-state index contributed by atoms with van der Waals surface area (Å²) in [6, 6.07) is 5.53. The number of hydrogen-bond acceptors (Lipinski definition) is 7. The van der Waals surface area contributed by atoms with E-state index < -0.39 is 0 Å². The molecule has 1 aliphatic rings. The van der Waals surface area contributed by atoms with Crippen LogP contribution in [0.2, 0.25) is 0 Å². The van der Waals surface area contributed by atoms with Gasteiger partial charge in [0.25, 0.3) is 0 Å². The van der Waals surface area contributed by atoms with Crippen molar-refractivity contribution < 1.29 is 9.32 Å². The smallest absolute Gasteiger partial charge is 0.227 e. The highest BCUT2D eigenvalue weighted by molar-refractivity contribution is 5.79. The van der Waals surface area contributed by atoms with Crippen LogP contribution in [0.5, 0.6) is 0 Å². The number of likely N-dealkylation sites (tertiary alicyclic amines) is 1. The van der Waals surface area contributed by atoms with Crippen molar-refractivity contribution in [2.75, 3.05) is 25.5 Å². The lowest BCUT2D eigenvalue weighted by atomic mass is 9.95. The molecule has 1 amide bonds. The molecule has 0 aromatic carbocycles. The predicted octanol–water partition coefficient (Wildman–Crippen LogP) is 3.20. The van der Waals surface area contributed by atoms with Crippen molar-refractivity contribution in [3.8, 4) is 11.3 Å². The highest BCUT2D eigenvalue weighted by atomic mass is 16.5. The Morgan fingerprint density at radius 2 is 2.17 bits per heavy atom. The molecule has 1 aliphatic heterocycles. The zero-order valence-electron chi connectivity index (χ0n) is 17.6. The van der Waals surface area contributed by atoms with E-state index in [4.69, 9.17) is 9.51 Å². The number of nitrogens with zero attached hydrogens (tertiary/aromatic N) is 6. The second-order valence-electron chi connectivity index (χ2n) is 7.83. The molecule has 1 fully saturated rings. The van der Waals surface area contributed by atoms with Gasteiger partial charge in [-0.15, -0.1) is 0 Å². The second kappa shape index (κ2) is 8.61. The number of piperidine rings is 1. The molecule has 8 heteroatoms. The van der Waals surface area contributed by atoms with Crippen LogP contribution in [0.15, 0.2) is 41.3 Å². The third-order valence-electron chi connectivity index (χ3n) is 5.32. The molecule has 0 aliphatic carbocycles. The van der Waals surface area contributed by atoms with Gasteiger partial charge in [-0.1, -0.05) is 11.2 Å². The summed E-state index contributed by atoms with van der Waals surface area (Å²) in [5.74, 6) is 1.31. The van der Waals surface area contributed by atoms with Crippen LogP contribution < -0.4 is 4.90 Å². The van der Waals surface area contributed by atoms with Gasteiger partial charge in [-0.05, 0) is 37.8 Å². The first-order chi connectivity index (χ1) is 14.5. The largest absolute Gasteiger partial charge is 0.356 e. The van der Waals surface area contributed by atoms with E-state index in [0.717, 1.165) is 41.8 Å². The average molecular weight is 406 g/mol. The van der Waals surface area contributed by atoms with Crippen LogP contribution in [0.1, 0.15) is 42.3 Å². The van der Waals surface area contributed by atoms with Crippen LogP contribution in [0.3, 0.4) is 0 Å². The summed E-state index contributed by atoms with van der Waals surface area (Å²) in [6.45, 7) is 2.59. The van der Waals surface area contributed by atoms with Gasteiger partial charge in [0, 0.05) is 45.3 Å². The zero-order chi connectivity index (χ0) is 21.1. The SMILES string of the molecule is Cc1cc(-c2cnc(N(C)C)nc2C2CCCCN2C(=O)Cc2cccnc2)on1. The minimum Gasteiger partial charge on any atom is -0.356 e. The van der Waals surface area contributed by atoms with E-state index in [-0.39, 0.29) is 11.9 Å². The normalized spacial score (nSPS) is 16.5. The fourth-order valence-corrected chi connectivity index (χ4v) is 3.83. The van der Waals surface area contributed by atoms with Crippen molar-refractivity contribution in [2.24, 2.45) is 0 Å². The number of hydrogen-bond donors (Lipinski definition) is 0. The maximum Gasteiger partial charge on any atom is 0.227 e. The second-order valence-corrected chi connectivity index (χ2v) is 7.83. The predicted molar refractivity (Wildman–Crippen MR) is 113 cm³/mol. The summed E-state index contributed by atoms with van der Waals surface area (Å²) in [4.78, 5) is 30.5. The van der Waals surface area contributed by atoms with Gasteiger partial charge in [-0.2, -0.15) is 0 Å². The highest BCUT2D eigenvalue weighted by Crippen LogP contribution is 2.36. The number of pyridine rings is 1. The Morgan fingerprint density at radius 3 is 2.87 bits per heavy atom. The molecule has 30 heavy (non-hydrogen) atoms. The molecule has 0 bridgehead atoms. The quantitative estimate of drug-likeness (QED) is 0.643. The zero-order valence-corrected chi connectivity index (χ0v) is 17.6. The molecule has 0 N–H and O–H groups in total. The summed E-state index contributed by atoms with van der Waals surface area (Å²) < 4.78 is 5.52. The molecule has 4 rings (SSSR count). The molecule has 4 heterocycles. The summed E-state index contributed by atoms with van der Waals surface area (Å²) in [6.07, 6.45) is 8.43. The first-order valence-electron chi connectivity index (χ1n) is 10.2. The fraction of sp³-hybridized carbons (Fsp3) is 0.409. The first kappa shape index (κ1) is 20.0. The van der Waals surface area contributed by atoms with Crippen molar-refractivity contribution in [2.45, 2.75) is 38.6 Å². The number of aryl methyl sites for hydroxylation is 1. The molecule has 8 nitrogen and oxygen atoms in total. The summed E-state index contributed by atoms with van der Waals surface area (Å²) >= 11 is 0. The number of rotatable bonds is 5. The third kappa shape index (κ3) is 4.17. The van der Waals surface area contributed by atoms with Crippen LogP contribution >= 0.6 is 0 Å². The van der Waals surface area contributed by atoms with Crippen LogP contribution in [0, 0.1) is 6.92 Å². The maximum absolute atomic E-state index is 13.2. The Balaban J connectivity index is 1.72. The van der Waals surface area contributed by atoms with E-state index >= 15 is 0 Å². The molecule has 1 unspecified atom stereocenters. The van der Waals surface area contributed by atoms with E-state index in [1.54, 1.807) is 18.6 Å². The Morgan fingerprint density at radius 1 is 1.30 bits per heavy atom. The molecule has 0 radical (unpaired) electrons. The molecule has 0 saturated carbocycles. The maximum atomic E-state index is 13.2. The third-order valence-corrected chi connectivity index (χ3v) is 5.32. The first-order valence-corrected chi connectivity index (χ1v) is 10.2. The van der Waals surface area contributed by atoms with E-state index in [9.17, 15) is 4.79 Å². The molecular weight excluding hydrogens is 380 g/mol. The van der Waals surface area contributed by atoms with Crippen LogP contribution in [0.25, 0.3) is 11.3 Å². The lowest BCUT2D eigenvalue weighted by Crippen LogP contribution is -2.40. The Bertz CT molecular complexity index is 1020. The van der Waals surface area contributed by atoms with Gasteiger partial charge >= 0.3 is 0 Å². The fourth-order valence-electron chi connectivity index (χ4n) is 3.83. The van der Waals surface area contributed by atoms with Gasteiger partial charge in [0.05, 0.1) is 29.4 Å². The van der Waals surface area contributed by atoms with Gasteiger partial charge in [0.2, 0.25) is 11.9 Å². The monoisotopic (exact) mass is 406 g/mol. The standard InChI is InChI=1S/C22H26N6O2/c1-15-11-19(30-26-15)17-14-24-22(27(2)3)25-21(17)18-8-4-5-10-28(18)20(29)12-16-7-6-9-23-13-16/h6-7,9,11,13-14,18H,4-5,8,10,12H2,1-3H3. The van der Waals surface area contributed by atoms with E-state index in [1.807, 2.05) is 49.0 Å². The average Bonchev–Trinajstić information content (AvgIpc) is 3.20. The lowest BCUT2D eigenvalue weighted by molar-refractivity contribution is -0.134. The molecule has 3 aromatic rings. The molecule has 156 valence electrons. The Kier molecular flexibility index (Phi) is 5.74. The minimum atomic E-state index is -0.134.